The summed E-state index contributed by atoms with van der Waals surface area (Å²) >= 11 is 0. The third kappa shape index (κ3) is 3.96. The van der Waals surface area contributed by atoms with Gasteiger partial charge in [-0.05, 0) is 25.7 Å². The fourth-order valence-electron chi connectivity index (χ4n) is 3.38. The molecule has 2 heterocycles. The molecule has 2 aliphatic heterocycles. The molecule has 21 heavy (non-hydrogen) atoms. The van der Waals surface area contributed by atoms with Crippen LogP contribution in [0.15, 0.2) is 0 Å². The van der Waals surface area contributed by atoms with Crippen LogP contribution in [-0.4, -0.2) is 59.9 Å². The van der Waals surface area contributed by atoms with E-state index in [4.69, 9.17) is 0 Å². The molecule has 2 saturated heterocycles. The van der Waals surface area contributed by atoms with Crippen molar-refractivity contribution in [3.05, 3.63) is 0 Å². The smallest absolute Gasteiger partial charge is 0.222 e. The van der Waals surface area contributed by atoms with Gasteiger partial charge in [0.2, 0.25) is 11.8 Å². The molecular formula is C16H28N3O2. The number of carbonyl (C=O) groups is 2. The topological polar surface area (TPSA) is 54.7 Å². The van der Waals surface area contributed by atoms with Gasteiger partial charge in [0, 0.05) is 51.1 Å². The molecule has 5 nitrogen and oxygen atoms in total. The molecule has 0 spiro atoms. The lowest BCUT2D eigenvalue weighted by molar-refractivity contribution is -0.130. The zero-order valence-electron chi connectivity index (χ0n) is 13.4. The molecule has 0 aromatic carbocycles. The first-order valence-corrected chi connectivity index (χ1v) is 8.39. The Hall–Kier alpha value is -1.10. The van der Waals surface area contributed by atoms with Crippen LogP contribution in [0.2, 0.25) is 0 Å². The third-order valence-electron chi connectivity index (χ3n) is 4.72. The predicted octanol–water partition coefficient (Wildman–Crippen LogP) is 1.39. The van der Waals surface area contributed by atoms with Crippen LogP contribution in [0, 0.1) is 0 Å². The fourth-order valence-corrected chi connectivity index (χ4v) is 3.38. The van der Waals surface area contributed by atoms with Gasteiger partial charge in [-0.25, -0.2) is 5.32 Å². The standard InChI is InChI=1S/C16H28N3O2/c1-3-13(18-9-5-7-15(18)20)11-17-12-14(4-2)19-10-6-8-16(19)21/h13-14H,3-12H2,1-2H3. The first-order valence-electron chi connectivity index (χ1n) is 8.39. The SMILES string of the molecule is CCC(C[N]CC(CC)N1CCCC1=O)N1CCCC1=O. The minimum atomic E-state index is 0.242. The molecule has 1 radical (unpaired) electrons. The highest BCUT2D eigenvalue weighted by molar-refractivity contribution is 5.78. The van der Waals surface area contributed by atoms with Gasteiger partial charge in [0.1, 0.15) is 0 Å². The van der Waals surface area contributed by atoms with E-state index in [-0.39, 0.29) is 23.9 Å². The average Bonchev–Trinajstić information content (AvgIpc) is 3.09. The Bertz CT molecular complexity index is 339. The van der Waals surface area contributed by atoms with Gasteiger partial charge >= 0.3 is 0 Å². The third-order valence-corrected chi connectivity index (χ3v) is 4.72. The number of nitrogens with zero attached hydrogens (tertiary/aromatic N) is 3. The zero-order valence-corrected chi connectivity index (χ0v) is 13.4. The molecular weight excluding hydrogens is 266 g/mol. The first kappa shape index (κ1) is 16.3. The maximum atomic E-state index is 11.8. The minimum Gasteiger partial charge on any atom is -0.338 e. The quantitative estimate of drug-likeness (QED) is 0.679. The van der Waals surface area contributed by atoms with Gasteiger partial charge in [0.15, 0.2) is 0 Å². The van der Waals surface area contributed by atoms with Gasteiger partial charge in [-0.1, -0.05) is 13.8 Å². The Morgan fingerprint density at radius 3 is 1.62 bits per heavy atom. The largest absolute Gasteiger partial charge is 0.338 e. The van der Waals surface area contributed by atoms with Gasteiger partial charge in [0.25, 0.3) is 0 Å². The Morgan fingerprint density at radius 1 is 0.905 bits per heavy atom. The molecule has 2 amide bonds. The molecule has 5 heteroatoms. The molecule has 0 N–H and O–H groups in total. The Kier molecular flexibility index (Phi) is 6.03. The Morgan fingerprint density at radius 2 is 1.33 bits per heavy atom. The molecule has 0 bridgehead atoms. The van der Waals surface area contributed by atoms with E-state index in [0.717, 1.165) is 38.8 Å². The van der Waals surface area contributed by atoms with Crippen molar-refractivity contribution >= 4 is 11.8 Å². The van der Waals surface area contributed by atoms with Gasteiger partial charge in [-0.3, -0.25) is 9.59 Å². The van der Waals surface area contributed by atoms with Crippen LogP contribution < -0.4 is 5.32 Å². The van der Waals surface area contributed by atoms with Crippen LogP contribution in [0.1, 0.15) is 52.4 Å². The summed E-state index contributed by atoms with van der Waals surface area (Å²) in [5.74, 6) is 0.553. The second kappa shape index (κ2) is 7.78. The highest BCUT2D eigenvalue weighted by Gasteiger charge is 2.29. The molecule has 0 saturated carbocycles. The van der Waals surface area contributed by atoms with Crippen molar-refractivity contribution in [3.63, 3.8) is 0 Å². The second-order valence-electron chi connectivity index (χ2n) is 6.09. The number of rotatable bonds is 8. The van der Waals surface area contributed by atoms with Crippen LogP contribution in [-0.2, 0) is 9.59 Å². The van der Waals surface area contributed by atoms with Crippen molar-refractivity contribution in [3.8, 4) is 0 Å². The number of carbonyl (C=O) groups excluding carboxylic acids is 2. The van der Waals surface area contributed by atoms with Crippen LogP contribution in [0.4, 0.5) is 0 Å². The molecule has 0 aliphatic carbocycles. The summed E-state index contributed by atoms with van der Waals surface area (Å²) in [7, 11) is 0. The molecule has 0 aromatic heterocycles. The van der Waals surface area contributed by atoms with Crippen LogP contribution in [0.25, 0.3) is 0 Å². The van der Waals surface area contributed by atoms with E-state index in [9.17, 15) is 9.59 Å². The first-order chi connectivity index (χ1) is 10.2. The van der Waals surface area contributed by atoms with E-state index < -0.39 is 0 Å². The average molecular weight is 294 g/mol. The summed E-state index contributed by atoms with van der Waals surface area (Å²) in [6.07, 6.45) is 5.25. The van der Waals surface area contributed by atoms with Crippen LogP contribution >= 0.6 is 0 Å². The number of hydrogen-bond donors (Lipinski definition) is 0. The number of amides is 2. The van der Waals surface area contributed by atoms with Crippen molar-refractivity contribution in [1.29, 1.82) is 0 Å². The molecule has 2 aliphatic rings. The van der Waals surface area contributed by atoms with E-state index in [1.807, 2.05) is 9.80 Å². The molecule has 2 atom stereocenters. The summed E-state index contributed by atoms with van der Waals surface area (Å²) in [4.78, 5) is 27.6. The van der Waals surface area contributed by atoms with Crippen molar-refractivity contribution < 1.29 is 9.59 Å². The van der Waals surface area contributed by atoms with Crippen LogP contribution in [0.3, 0.4) is 0 Å². The molecule has 2 rings (SSSR count). The van der Waals surface area contributed by atoms with Gasteiger partial charge in [-0.2, -0.15) is 0 Å². The monoisotopic (exact) mass is 294 g/mol. The normalized spacial score (nSPS) is 22.2. The molecule has 2 fully saturated rings. The van der Waals surface area contributed by atoms with Crippen LogP contribution in [0.5, 0.6) is 0 Å². The minimum absolute atomic E-state index is 0.242. The van der Waals surface area contributed by atoms with Gasteiger partial charge in [-0.15, -0.1) is 0 Å². The maximum Gasteiger partial charge on any atom is 0.222 e. The van der Waals surface area contributed by atoms with E-state index in [1.165, 1.54) is 0 Å². The van der Waals surface area contributed by atoms with Crippen molar-refractivity contribution in [2.24, 2.45) is 0 Å². The van der Waals surface area contributed by atoms with Gasteiger partial charge < -0.3 is 9.80 Å². The van der Waals surface area contributed by atoms with E-state index in [1.54, 1.807) is 0 Å². The van der Waals surface area contributed by atoms with Crippen molar-refractivity contribution in [2.75, 3.05) is 26.2 Å². The summed E-state index contributed by atoms with van der Waals surface area (Å²) in [6.45, 7) is 7.42. The van der Waals surface area contributed by atoms with Crippen molar-refractivity contribution in [1.82, 2.24) is 15.1 Å². The number of likely N-dealkylation sites (tertiary alicyclic amines) is 2. The summed E-state index contributed by atoms with van der Waals surface area (Å²) in [6, 6.07) is 0.485. The van der Waals surface area contributed by atoms with Crippen molar-refractivity contribution in [2.45, 2.75) is 64.5 Å². The fraction of sp³-hybridized carbons (Fsp3) is 0.875. The van der Waals surface area contributed by atoms with E-state index in [0.29, 0.717) is 25.9 Å². The summed E-state index contributed by atoms with van der Waals surface area (Å²) in [5.41, 5.74) is 0. The molecule has 119 valence electrons. The summed E-state index contributed by atoms with van der Waals surface area (Å²) in [5, 5.41) is 4.68. The number of hydrogen-bond acceptors (Lipinski definition) is 2. The zero-order chi connectivity index (χ0) is 15.2. The predicted molar refractivity (Wildman–Crippen MR) is 81.9 cm³/mol. The molecule has 2 unspecified atom stereocenters. The van der Waals surface area contributed by atoms with E-state index >= 15 is 0 Å². The Labute approximate surface area is 128 Å². The lowest BCUT2D eigenvalue weighted by atomic mass is 10.1. The highest BCUT2D eigenvalue weighted by Crippen LogP contribution is 2.17. The maximum absolute atomic E-state index is 11.8. The highest BCUT2D eigenvalue weighted by atomic mass is 16.2. The lowest BCUT2D eigenvalue weighted by Gasteiger charge is -2.29. The molecule has 0 aromatic rings. The lowest BCUT2D eigenvalue weighted by Crippen LogP contribution is -2.45. The van der Waals surface area contributed by atoms with E-state index in [2.05, 4.69) is 19.2 Å². The summed E-state index contributed by atoms with van der Waals surface area (Å²) < 4.78 is 0. The second-order valence-corrected chi connectivity index (χ2v) is 6.09. The Balaban J connectivity index is 1.78. The van der Waals surface area contributed by atoms with Gasteiger partial charge in [0.05, 0.1) is 0 Å².